The molecule has 0 aliphatic rings. The number of carbonyl (C=O) groups is 1. The second kappa shape index (κ2) is 48.0. The molecule has 0 heterocycles. The quantitative estimate of drug-likeness (QED) is 0.0364. The van der Waals surface area contributed by atoms with Gasteiger partial charge in [0.05, 0.1) is 31.3 Å². The predicted molar refractivity (Wildman–Crippen MR) is 254 cm³/mol. The molecule has 0 spiro atoms. The van der Waals surface area contributed by atoms with E-state index in [9.17, 15) is 20.1 Å². The van der Waals surface area contributed by atoms with Crippen LogP contribution in [0.25, 0.3) is 0 Å². The lowest BCUT2D eigenvalue weighted by atomic mass is 10.0. The van der Waals surface area contributed by atoms with Crippen molar-refractivity contribution in [3.8, 4) is 0 Å². The zero-order chi connectivity index (χ0) is 42.3. The first-order chi connectivity index (χ1) is 28.5. The van der Waals surface area contributed by atoms with E-state index in [-0.39, 0.29) is 18.9 Å². The third kappa shape index (κ3) is 43.9. The summed E-state index contributed by atoms with van der Waals surface area (Å²) in [6.07, 6.45) is 62.8. The van der Waals surface area contributed by atoms with E-state index in [1.807, 2.05) is 6.08 Å². The third-order valence-electron chi connectivity index (χ3n) is 11.6. The standard InChI is InChI=1S/C53H99NO4/c1-3-5-7-9-11-13-15-17-19-21-23-24-25-26-27-28-29-30-32-34-36-38-40-42-44-46-50(56)48-53(58)54-51(49-55)52(57)47-45-43-41-39-37-35-33-31-22-20-18-16-14-12-10-8-6-4-2/h22,26-27,31,37,39,45,47,50-52,55-57H,3-21,23-25,28-30,32-36,38,40-44,46,48-49H2,1-2H3,(H,54,58)/b27-26-,31-22+,39-37+,47-45+. The number of allylic oxidation sites excluding steroid dienone is 7. The van der Waals surface area contributed by atoms with Crippen molar-refractivity contribution < 1.29 is 20.1 Å². The number of nitrogens with one attached hydrogen (secondary N) is 1. The highest BCUT2D eigenvalue weighted by Crippen LogP contribution is 2.15. The molecular weight excluding hydrogens is 715 g/mol. The van der Waals surface area contributed by atoms with Gasteiger partial charge in [-0.15, -0.1) is 0 Å². The molecule has 0 saturated carbocycles. The number of rotatable bonds is 46. The molecule has 0 radical (unpaired) electrons. The van der Waals surface area contributed by atoms with Crippen LogP contribution < -0.4 is 5.32 Å². The van der Waals surface area contributed by atoms with Gasteiger partial charge in [-0.1, -0.05) is 229 Å². The summed E-state index contributed by atoms with van der Waals surface area (Å²) < 4.78 is 0. The molecule has 5 nitrogen and oxygen atoms in total. The van der Waals surface area contributed by atoms with Gasteiger partial charge in [-0.25, -0.2) is 0 Å². The number of carbonyl (C=O) groups excluding carboxylic acids is 1. The Morgan fingerprint density at radius 3 is 1.10 bits per heavy atom. The molecule has 5 heteroatoms. The Kier molecular flexibility index (Phi) is 46.6. The summed E-state index contributed by atoms with van der Waals surface area (Å²) in [6, 6.07) is -0.769. The van der Waals surface area contributed by atoms with Crippen LogP contribution >= 0.6 is 0 Å². The van der Waals surface area contributed by atoms with Gasteiger partial charge in [0.2, 0.25) is 5.91 Å². The first-order valence-corrected chi connectivity index (χ1v) is 25.4. The number of amides is 1. The van der Waals surface area contributed by atoms with Gasteiger partial charge >= 0.3 is 0 Å². The lowest BCUT2D eigenvalue weighted by Gasteiger charge is -2.21. The highest BCUT2D eigenvalue weighted by molar-refractivity contribution is 5.76. The molecule has 0 aromatic heterocycles. The molecule has 3 atom stereocenters. The molecular formula is C53H99NO4. The Hall–Kier alpha value is -1.69. The fourth-order valence-corrected chi connectivity index (χ4v) is 7.66. The van der Waals surface area contributed by atoms with Crippen LogP contribution in [-0.4, -0.2) is 46.1 Å². The normalized spacial score (nSPS) is 13.8. The first-order valence-electron chi connectivity index (χ1n) is 25.4. The molecule has 58 heavy (non-hydrogen) atoms. The first kappa shape index (κ1) is 56.3. The number of aliphatic hydroxyl groups excluding tert-OH is 3. The average molecular weight is 814 g/mol. The number of aliphatic hydroxyl groups is 3. The van der Waals surface area contributed by atoms with Crippen molar-refractivity contribution in [2.45, 2.75) is 276 Å². The van der Waals surface area contributed by atoms with E-state index in [2.05, 4.69) is 55.6 Å². The number of hydrogen-bond donors (Lipinski definition) is 4. The summed E-state index contributed by atoms with van der Waals surface area (Å²) in [5, 5.41) is 33.3. The topological polar surface area (TPSA) is 89.8 Å². The highest BCUT2D eigenvalue weighted by Gasteiger charge is 2.20. The summed E-state index contributed by atoms with van der Waals surface area (Å²) in [7, 11) is 0. The monoisotopic (exact) mass is 814 g/mol. The maximum Gasteiger partial charge on any atom is 0.222 e. The fraction of sp³-hybridized carbons (Fsp3) is 0.830. The van der Waals surface area contributed by atoms with Gasteiger partial charge in [-0.2, -0.15) is 0 Å². The van der Waals surface area contributed by atoms with E-state index in [0.29, 0.717) is 6.42 Å². The molecule has 1 amide bonds. The zero-order valence-corrected chi connectivity index (χ0v) is 38.7. The Morgan fingerprint density at radius 1 is 0.431 bits per heavy atom. The van der Waals surface area contributed by atoms with Gasteiger partial charge in [0.15, 0.2) is 0 Å². The van der Waals surface area contributed by atoms with Crippen molar-refractivity contribution in [2.75, 3.05) is 6.61 Å². The fourth-order valence-electron chi connectivity index (χ4n) is 7.66. The maximum atomic E-state index is 12.5. The Bertz CT molecular complexity index is 943. The van der Waals surface area contributed by atoms with Crippen LogP contribution in [0.4, 0.5) is 0 Å². The van der Waals surface area contributed by atoms with Crippen molar-refractivity contribution in [1.29, 1.82) is 0 Å². The highest BCUT2D eigenvalue weighted by atomic mass is 16.3. The second-order valence-electron chi connectivity index (χ2n) is 17.4. The van der Waals surface area contributed by atoms with E-state index in [1.165, 1.54) is 193 Å². The molecule has 0 aromatic rings. The molecule has 3 unspecified atom stereocenters. The Balaban J connectivity index is 3.66. The van der Waals surface area contributed by atoms with Gasteiger partial charge in [0.1, 0.15) is 0 Å². The van der Waals surface area contributed by atoms with Crippen LogP contribution in [0.1, 0.15) is 258 Å². The predicted octanol–water partition coefficient (Wildman–Crippen LogP) is 15.3. The van der Waals surface area contributed by atoms with Gasteiger partial charge in [0.25, 0.3) is 0 Å². The molecule has 0 aliphatic heterocycles. The summed E-state index contributed by atoms with van der Waals surface area (Å²) >= 11 is 0. The van der Waals surface area contributed by atoms with Gasteiger partial charge in [-0.05, 0) is 70.6 Å². The average Bonchev–Trinajstić information content (AvgIpc) is 3.22. The van der Waals surface area contributed by atoms with E-state index in [4.69, 9.17) is 0 Å². The SMILES string of the molecule is CCCCCCCCCC/C=C/CC/C=C/CC/C=C/C(O)C(CO)NC(=O)CC(O)CCCCCCCCCCC/C=C\CCCCCCCCCCCCCC. The van der Waals surface area contributed by atoms with E-state index in [1.54, 1.807) is 6.08 Å². The van der Waals surface area contributed by atoms with Crippen LogP contribution in [0, 0.1) is 0 Å². The van der Waals surface area contributed by atoms with Crippen molar-refractivity contribution in [1.82, 2.24) is 5.32 Å². The summed E-state index contributed by atoms with van der Waals surface area (Å²) in [5.41, 5.74) is 0. The van der Waals surface area contributed by atoms with Gasteiger partial charge in [-0.3, -0.25) is 4.79 Å². The lowest BCUT2D eigenvalue weighted by Crippen LogP contribution is -2.45. The van der Waals surface area contributed by atoms with Crippen molar-refractivity contribution in [2.24, 2.45) is 0 Å². The number of hydrogen-bond acceptors (Lipinski definition) is 4. The Labute approximate surface area is 361 Å². The molecule has 0 aromatic carbocycles. The van der Waals surface area contributed by atoms with Crippen LogP contribution in [0.3, 0.4) is 0 Å². The van der Waals surface area contributed by atoms with Crippen molar-refractivity contribution in [3.05, 3.63) is 48.6 Å². The summed E-state index contributed by atoms with van der Waals surface area (Å²) in [4.78, 5) is 12.5. The summed E-state index contributed by atoms with van der Waals surface area (Å²) in [6.45, 7) is 4.21. The van der Waals surface area contributed by atoms with Crippen molar-refractivity contribution in [3.63, 3.8) is 0 Å². The van der Waals surface area contributed by atoms with Crippen molar-refractivity contribution >= 4 is 5.91 Å². The molecule has 340 valence electrons. The summed E-state index contributed by atoms with van der Waals surface area (Å²) in [5.74, 6) is -0.330. The minimum atomic E-state index is -0.961. The number of unbranched alkanes of at least 4 members (excludes halogenated alkanes) is 31. The minimum Gasteiger partial charge on any atom is -0.394 e. The second-order valence-corrected chi connectivity index (χ2v) is 17.4. The molecule has 4 N–H and O–H groups in total. The van der Waals surface area contributed by atoms with E-state index in [0.717, 1.165) is 38.5 Å². The smallest absolute Gasteiger partial charge is 0.222 e. The molecule has 0 saturated heterocycles. The minimum absolute atomic E-state index is 0.000695. The van der Waals surface area contributed by atoms with E-state index < -0.39 is 18.2 Å². The van der Waals surface area contributed by atoms with Crippen LogP contribution in [0.5, 0.6) is 0 Å². The Morgan fingerprint density at radius 2 is 0.741 bits per heavy atom. The molecule has 0 rings (SSSR count). The maximum absolute atomic E-state index is 12.5. The lowest BCUT2D eigenvalue weighted by molar-refractivity contribution is -0.124. The van der Waals surface area contributed by atoms with Gasteiger partial charge < -0.3 is 20.6 Å². The van der Waals surface area contributed by atoms with Gasteiger partial charge in [0, 0.05) is 0 Å². The van der Waals surface area contributed by atoms with E-state index >= 15 is 0 Å². The van der Waals surface area contributed by atoms with Crippen LogP contribution in [0.15, 0.2) is 48.6 Å². The van der Waals surface area contributed by atoms with Crippen LogP contribution in [0.2, 0.25) is 0 Å². The third-order valence-corrected chi connectivity index (χ3v) is 11.6. The largest absolute Gasteiger partial charge is 0.394 e. The molecule has 0 aliphatic carbocycles. The van der Waals surface area contributed by atoms with Crippen LogP contribution in [-0.2, 0) is 4.79 Å². The zero-order valence-electron chi connectivity index (χ0n) is 38.7. The molecule has 0 fully saturated rings. The molecule has 0 bridgehead atoms.